The van der Waals surface area contributed by atoms with Gasteiger partial charge >= 0.3 is 0 Å². The van der Waals surface area contributed by atoms with Gasteiger partial charge in [-0.2, -0.15) is 0 Å². The van der Waals surface area contributed by atoms with Gasteiger partial charge in [0.05, 0.1) is 30.9 Å². The van der Waals surface area contributed by atoms with E-state index in [9.17, 15) is 5.11 Å². The first-order valence-corrected chi connectivity index (χ1v) is 13.6. The number of aliphatic hydroxyl groups excluding tert-OH is 1. The van der Waals surface area contributed by atoms with Gasteiger partial charge in [-0.3, -0.25) is 0 Å². The van der Waals surface area contributed by atoms with Gasteiger partial charge in [-0.15, -0.1) is 0 Å². The lowest BCUT2D eigenvalue weighted by Crippen LogP contribution is -2.61. The van der Waals surface area contributed by atoms with E-state index >= 15 is 0 Å². The largest absolute Gasteiger partial charge is 0.486 e. The normalized spacial score (nSPS) is 22.6. The summed E-state index contributed by atoms with van der Waals surface area (Å²) >= 11 is 1.47. The van der Waals surface area contributed by atoms with Crippen LogP contribution in [0.15, 0.2) is 52.6 Å². The first-order chi connectivity index (χ1) is 18.1. The summed E-state index contributed by atoms with van der Waals surface area (Å²) in [6.07, 6.45) is 6.57. The Morgan fingerprint density at radius 1 is 1.14 bits per heavy atom. The molecule has 0 amide bonds. The molecule has 3 aromatic rings. The predicted molar refractivity (Wildman–Crippen MR) is 140 cm³/mol. The first kappa shape index (κ1) is 23.2. The van der Waals surface area contributed by atoms with Gasteiger partial charge in [0.25, 0.3) is 0 Å². The number of hydrogen-bond acceptors (Lipinski definition) is 10. The van der Waals surface area contributed by atoms with Crippen molar-refractivity contribution in [1.29, 1.82) is 0 Å². The van der Waals surface area contributed by atoms with Crippen molar-refractivity contribution >= 4 is 23.4 Å². The SMILES string of the molecule is N[C@@H]1c2ccccc2CC12CCN(c1ncc(Sc3ccnc4c3OCC3(COC3)N4)nc1CO)CC2. The van der Waals surface area contributed by atoms with Gasteiger partial charge < -0.3 is 30.5 Å². The van der Waals surface area contributed by atoms with Crippen molar-refractivity contribution < 1.29 is 14.6 Å². The number of benzene rings is 1. The zero-order chi connectivity index (χ0) is 25.0. The third kappa shape index (κ3) is 3.85. The van der Waals surface area contributed by atoms with E-state index in [-0.39, 0.29) is 23.6 Å². The van der Waals surface area contributed by atoms with Crippen LogP contribution in [0, 0.1) is 5.41 Å². The van der Waals surface area contributed by atoms with Crippen LogP contribution < -0.4 is 20.7 Å². The summed E-state index contributed by atoms with van der Waals surface area (Å²) in [5.74, 6) is 2.20. The second kappa shape index (κ2) is 8.83. The lowest BCUT2D eigenvalue weighted by atomic mass is 9.73. The number of nitrogens with one attached hydrogen (secondary N) is 1. The number of fused-ring (bicyclic) bond motifs is 2. The Morgan fingerprint density at radius 3 is 2.73 bits per heavy atom. The molecule has 192 valence electrons. The van der Waals surface area contributed by atoms with Crippen LogP contribution in [0.1, 0.15) is 35.7 Å². The molecule has 2 fully saturated rings. The van der Waals surface area contributed by atoms with Crippen molar-refractivity contribution in [3.63, 3.8) is 0 Å². The molecule has 37 heavy (non-hydrogen) atoms. The van der Waals surface area contributed by atoms with Gasteiger partial charge in [0.2, 0.25) is 0 Å². The van der Waals surface area contributed by atoms with E-state index in [2.05, 4.69) is 39.5 Å². The molecule has 1 aromatic carbocycles. The molecule has 0 radical (unpaired) electrons. The molecule has 1 atom stereocenters. The van der Waals surface area contributed by atoms with Crippen molar-refractivity contribution in [1.82, 2.24) is 15.0 Å². The Hall–Kier alpha value is -2.92. The molecule has 0 unspecified atom stereocenters. The van der Waals surface area contributed by atoms with Crippen LogP contribution in [0.4, 0.5) is 11.6 Å². The van der Waals surface area contributed by atoms with Crippen LogP contribution in [-0.4, -0.2) is 58.5 Å². The Balaban J connectivity index is 1.07. The summed E-state index contributed by atoms with van der Waals surface area (Å²) in [6.45, 7) is 3.30. The Kier molecular flexibility index (Phi) is 5.54. The molecule has 2 spiro atoms. The molecule has 3 aliphatic heterocycles. The number of ether oxygens (including phenoxy) is 2. The standard InChI is InChI=1S/C27H30N6O3S/c28-23-18-4-2-1-3-17(18)11-26(23)6-9-33(10-7-26)25-19(13-34)31-21(12-30-25)37-20-5-8-29-24-22(20)36-16-27(32-24)14-35-15-27/h1-5,8,12,23,34H,6-7,9-11,13-16,28H2,(H,29,32)/t23-/m1/s1. The van der Waals surface area contributed by atoms with E-state index in [1.54, 1.807) is 12.4 Å². The van der Waals surface area contributed by atoms with E-state index in [1.807, 2.05) is 6.07 Å². The number of hydrogen-bond donors (Lipinski definition) is 3. The number of rotatable bonds is 4. The van der Waals surface area contributed by atoms with E-state index in [4.69, 9.17) is 25.2 Å². The summed E-state index contributed by atoms with van der Waals surface area (Å²) in [5.41, 5.74) is 9.94. The zero-order valence-electron chi connectivity index (χ0n) is 20.5. The molecule has 1 aliphatic carbocycles. The molecular weight excluding hydrogens is 488 g/mol. The maximum absolute atomic E-state index is 10.2. The molecule has 4 aliphatic rings. The monoisotopic (exact) mass is 518 g/mol. The van der Waals surface area contributed by atoms with Gasteiger partial charge in [0, 0.05) is 25.3 Å². The highest BCUT2D eigenvalue weighted by Gasteiger charge is 2.46. The molecule has 10 heteroatoms. The molecule has 4 N–H and O–H groups in total. The van der Waals surface area contributed by atoms with Crippen LogP contribution in [0.5, 0.6) is 5.75 Å². The molecule has 2 aromatic heterocycles. The molecule has 0 saturated carbocycles. The van der Waals surface area contributed by atoms with E-state index in [0.29, 0.717) is 30.5 Å². The summed E-state index contributed by atoms with van der Waals surface area (Å²) in [7, 11) is 0. The number of aliphatic hydroxyl groups is 1. The Labute approximate surface area is 219 Å². The summed E-state index contributed by atoms with van der Waals surface area (Å²) in [4.78, 5) is 17.1. The summed E-state index contributed by atoms with van der Waals surface area (Å²) in [6, 6.07) is 10.6. The van der Waals surface area contributed by atoms with Crippen LogP contribution in [0.2, 0.25) is 0 Å². The zero-order valence-corrected chi connectivity index (χ0v) is 21.3. The number of nitrogens with zero attached hydrogens (tertiary/aromatic N) is 4. The van der Waals surface area contributed by atoms with E-state index in [0.717, 1.165) is 54.6 Å². The van der Waals surface area contributed by atoms with Crippen molar-refractivity contribution in [2.75, 3.05) is 43.1 Å². The average Bonchev–Trinajstić information content (AvgIpc) is 3.19. The highest BCUT2D eigenvalue weighted by Crippen LogP contribution is 2.51. The molecule has 2 saturated heterocycles. The van der Waals surface area contributed by atoms with E-state index < -0.39 is 0 Å². The highest BCUT2D eigenvalue weighted by molar-refractivity contribution is 7.99. The Bertz CT molecular complexity index is 1340. The van der Waals surface area contributed by atoms with Crippen molar-refractivity contribution in [3.8, 4) is 5.75 Å². The maximum atomic E-state index is 10.2. The molecule has 0 bridgehead atoms. The third-order valence-electron chi connectivity index (χ3n) is 8.32. The number of anilines is 2. The summed E-state index contributed by atoms with van der Waals surface area (Å²) in [5, 5.41) is 14.4. The third-order valence-corrected chi connectivity index (χ3v) is 9.26. The van der Waals surface area contributed by atoms with Crippen LogP contribution in [0.3, 0.4) is 0 Å². The highest BCUT2D eigenvalue weighted by atomic mass is 32.2. The fourth-order valence-corrected chi connectivity index (χ4v) is 7.01. The minimum atomic E-state index is -0.174. The number of piperidine rings is 1. The van der Waals surface area contributed by atoms with Gasteiger partial charge in [0.15, 0.2) is 17.4 Å². The van der Waals surface area contributed by atoms with Crippen LogP contribution in [-0.2, 0) is 17.8 Å². The van der Waals surface area contributed by atoms with Crippen molar-refractivity contribution in [3.05, 3.63) is 59.5 Å². The van der Waals surface area contributed by atoms with Gasteiger partial charge in [-0.25, -0.2) is 15.0 Å². The van der Waals surface area contributed by atoms with Crippen LogP contribution in [0.25, 0.3) is 0 Å². The number of aromatic nitrogens is 3. The molecule has 7 rings (SSSR count). The lowest BCUT2D eigenvalue weighted by molar-refractivity contribution is -0.0652. The van der Waals surface area contributed by atoms with Gasteiger partial charge in [0.1, 0.15) is 22.9 Å². The van der Waals surface area contributed by atoms with Crippen molar-refractivity contribution in [2.45, 2.75) is 47.4 Å². The fourth-order valence-electron chi connectivity index (χ4n) is 6.15. The average molecular weight is 519 g/mol. The topological polar surface area (TPSA) is 119 Å². The molecular formula is C27H30N6O3S. The second-order valence-corrected chi connectivity index (χ2v) is 11.7. The summed E-state index contributed by atoms with van der Waals surface area (Å²) < 4.78 is 11.5. The minimum Gasteiger partial charge on any atom is -0.486 e. The number of pyridine rings is 1. The fraction of sp³-hybridized carbons (Fsp3) is 0.444. The molecule has 9 nitrogen and oxygen atoms in total. The molecule has 5 heterocycles. The maximum Gasteiger partial charge on any atom is 0.175 e. The smallest absolute Gasteiger partial charge is 0.175 e. The van der Waals surface area contributed by atoms with Crippen molar-refractivity contribution in [2.24, 2.45) is 11.1 Å². The Morgan fingerprint density at radius 2 is 1.97 bits per heavy atom. The lowest BCUT2D eigenvalue weighted by Gasteiger charge is -2.45. The second-order valence-electron chi connectivity index (χ2n) is 10.6. The van der Waals surface area contributed by atoms with Gasteiger partial charge in [-0.05, 0) is 41.9 Å². The quantitative estimate of drug-likeness (QED) is 0.476. The number of nitrogens with two attached hydrogens (primary N) is 1. The minimum absolute atomic E-state index is 0.0720. The van der Waals surface area contributed by atoms with Crippen LogP contribution >= 0.6 is 11.8 Å². The first-order valence-electron chi connectivity index (χ1n) is 12.8. The van der Waals surface area contributed by atoms with Gasteiger partial charge in [-0.1, -0.05) is 36.0 Å². The van der Waals surface area contributed by atoms with E-state index in [1.165, 1.54) is 22.9 Å². The predicted octanol–water partition coefficient (Wildman–Crippen LogP) is 2.93.